The number of aryl methyl sites for hydroxylation is 1. The van der Waals surface area contributed by atoms with Crippen LogP contribution in [-0.2, 0) is 9.53 Å². The Morgan fingerprint density at radius 3 is 2.63 bits per heavy atom. The van der Waals surface area contributed by atoms with Gasteiger partial charge in [-0.25, -0.2) is 4.79 Å². The van der Waals surface area contributed by atoms with Crippen LogP contribution in [0.4, 0.5) is 0 Å². The molecule has 0 amide bonds. The van der Waals surface area contributed by atoms with Crippen molar-refractivity contribution in [3.05, 3.63) is 52.1 Å². The Kier molecular flexibility index (Phi) is 4.43. The SMILES string of the molecule is CCOC(=O)C1=C(c2ccc(C)cc2)C(Cl)=CCC1. The van der Waals surface area contributed by atoms with Crippen LogP contribution in [0.2, 0.25) is 0 Å². The molecular formula is C16H17ClO2. The topological polar surface area (TPSA) is 26.3 Å². The molecule has 1 aliphatic carbocycles. The largest absolute Gasteiger partial charge is 0.463 e. The normalized spacial score (nSPS) is 15.2. The van der Waals surface area contributed by atoms with Crippen molar-refractivity contribution < 1.29 is 9.53 Å². The summed E-state index contributed by atoms with van der Waals surface area (Å²) in [6, 6.07) is 8.02. The smallest absolute Gasteiger partial charge is 0.334 e. The van der Waals surface area contributed by atoms with Gasteiger partial charge in [-0.1, -0.05) is 47.5 Å². The summed E-state index contributed by atoms with van der Waals surface area (Å²) in [5.74, 6) is -0.260. The molecule has 3 heteroatoms. The molecule has 19 heavy (non-hydrogen) atoms. The van der Waals surface area contributed by atoms with Crippen LogP contribution in [0.3, 0.4) is 0 Å². The molecule has 0 bridgehead atoms. The Bertz CT molecular complexity index is 538. The maximum Gasteiger partial charge on any atom is 0.334 e. The van der Waals surface area contributed by atoms with Gasteiger partial charge in [0.15, 0.2) is 0 Å². The average molecular weight is 277 g/mol. The van der Waals surface area contributed by atoms with E-state index in [2.05, 4.69) is 0 Å². The van der Waals surface area contributed by atoms with Gasteiger partial charge >= 0.3 is 5.97 Å². The van der Waals surface area contributed by atoms with Crippen LogP contribution < -0.4 is 0 Å². The molecule has 0 saturated carbocycles. The Morgan fingerprint density at radius 2 is 2.00 bits per heavy atom. The van der Waals surface area contributed by atoms with Gasteiger partial charge in [0.2, 0.25) is 0 Å². The Morgan fingerprint density at radius 1 is 1.32 bits per heavy atom. The Balaban J connectivity index is 2.48. The zero-order chi connectivity index (χ0) is 13.8. The highest BCUT2D eigenvalue weighted by Crippen LogP contribution is 2.36. The zero-order valence-corrected chi connectivity index (χ0v) is 12.0. The third-order valence-electron chi connectivity index (χ3n) is 3.12. The minimum atomic E-state index is -0.260. The summed E-state index contributed by atoms with van der Waals surface area (Å²) >= 11 is 6.29. The van der Waals surface area contributed by atoms with E-state index in [1.165, 1.54) is 5.56 Å². The highest BCUT2D eigenvalue weighted by atomic mass is 35.5. The van der Waals surface area contributed by atoms with Crippen molar-refractivity contribution in [3.8, 4) is 0 Å². The third-order valence-corrected chi connectivity index (χ3v) is 3.46. The summed E-state index contributed by atoms with van der Waals surface area (Å²) in [5, 5.41) is 0.637. The van der Waals surface area contributed by atoms with Gasteiger partial charge in [0, 0.05) is 16.2 Å². The number of hydrogen-bond donors (Lipinski definition) is 0. The van der Waals surface area contributed by atoms with Crippen LogP contribution in [0.15, 0.2) is 40.9 Å². The number of hydrogen-bond acceptors (Lipinski definition) is 2. The van der Waals surface area contributed by atoms with Crippen molar-refractivity contribution in [2.45, 2.75) is 26.7 Å². The number of allylic oxidation sites excluding steroid dienone is 3. The Labute approximate surface area is 118 Å². The number of ether oxygens (including phenoxy) is 1. The molecular weight excluding hydrogens is 260 g/mol. The number of rotatable bonds is 3. The summed E-state index contributed by atoms with van der Waals surface area (Å²) in [5.41, 5.74) is 3.64. The minimum Gasteiger partial charge on any atom is -0.463 e. The van der Waals surface area contributed by atoms with Gasteiger partial charge in [-0.2, -0.15) is 0 Å². The van der Waals surface area contributed by atoms with E-state index in [0.717, 1.165) is 17.6 Å². The third kappa shape index (κ3) is 3.07. The zero-order valence-electron chi connectivity index (χ0n) is 11.2. The molecule has 0 atom stereocenters. The number of benzene rings is 1. The lowest BCUT2D eigenvalue weighted by Gasteiger charge is -2.18. The molecule has 100 valence electrons. The molecule has 0 spiro atoms. The molecule has 1 aliphatic rings. The molecule has 0 fully saturated rings. The fraction of sp³-hybridized carbons (Fsp3) is 0.312. The van der Waals surface area contributed by atoms with E-state index in [1.807, 2.05) is 44.2 Å². The van der Waals surface area contributed by atoms with E-state index in [9.17, 15) is 4.79 Å². The van der Waals surface area contributed by atoms with Gasteiger partial charge in [0.25, 0.3) is 0 Å². The van der Waals surface area contributed by atoms with Crippen LogP contribution >= 0.6 is 11.6 Å². The molecule has 1 aromatic carbocycles. The molecule has 2 rings (SSSR count). The monoisotopic (exact) mass is 276 g/mol. The van der Waals surface area contributed by atoms with Gasteiger partial charge in [0.1, 0.15) is 0 Å². The van der Waals surface area contributed by atoms with E-state index >= 15 is 0 Å². The molecule has 0 aliphatic heterocycles. The second-order valence-electron chi connectivity index (χ2n) is 4.53. The van der Waals surface area contributed by atoms with E-state index < -0.39 is 0 Å². The van der Waals surface area contributed by atoms with Gasteiger partial charge < -0.3 is 4.74 Å². The number of esters is 1. The average Bonchev–Trinajstić information content (AvgIpc) is 2.40. The van der Waals surface area contributed by atoms with Crippen molar-refractivity contribution in [2.24, 2.45) is 0 Å². The highest BCUT2D eigenvalue weighted by molar-refractivity contribution is 6.38. The highest BCUT2D eigenvalue weighted by Gasteiger charge is 2.22. The van der Waals surface area contributed by atoms with Gasteiger partial charge in [-0.15, -0.1) is 0 Å². The van der Waals surface area contributed by atoms with Crippen LogP contribution in [0.5, 0.6) is 0 Å². The minimum absolute atomic E-state index is 0.260. The molecule has 0 heterocycles. The number of halogens is 1. The summed E-state index contributed by atoms with van der Waals surface area (Å²) in [6.45, 7) is 4.22. The molecule has 0 unspecified atom stereocenters. The molecule has 0 saturated heterocycles. The molecule has 0 aromatic heterocycles. The first-order valence-electron chi connectivity index (χ1n) is 6.46. The quantitative estimate of drug-likeness (QED) is 0.773. The predicted molar refractivity (Wildman–Crippen MR) is 77.9 cm³/mol. The molecule has 0 N–H and O–H groups in total. The van der Waals surface area contributed by atoms with Crippen molar-refractivity contribution in [3.63, 3.8) is 0 Å². The maximum atomic E-state index is 12.0. The van der Waals surface area contributed by atoms with E-state index in [4.69, 9.17) is 16.3 Å². The Hall–Kier alpha value is -1.54. The fourth-order valence-corrected chi connectivity index (χ4v) is 2.50. The first-order chi connectivity index (χ1) is 9.13. The lowest BCUT2D eigenvalue weighted by Crippen LogP contribution is -2.12. The van der Waals surface area contributed by atoms with E-state index in [-0.39, 0.29) is 5.97 Å². The number of carbonyl (C=O) groups excluding carboxylic acids is 1. The van der Waals surface area contributed by atoms with Crippen molar-refractivity contribution in [1.82, 2.24) is 0 Å². The number of carbonyl (C=O) groups is 1. The molecule has 1 aromatic rings. The van der Waals surface area contributed by atoms with Crippen LogP contribution in [0.1, 0.15) is 30.9 Å². The van der Waals surface area contributed by atoms with Crippen molar-refractivity contribution in [2.75, 3.05) is 6.61 Å². The van der Waals surface area contributed by atoms with E-state index in [1.54, 1.807) is 0 Å². The predicted octanol–water partition coefficient (Wildman–Crippen LogP) is 4.23. The summed E-state index contributed by atoms with van der Waals surface area (Å²) in [6.07, 6.45) is 3.42. The van der Waals surface area contributed by atoms with E-state index in [0.29, 0.717) is 23.6 Å². The summed E-state index contributed by atoms with van der Waals surface area (Å²) < 4.78 is 5.12. The van der Waals surface area contributed by atoms with Gasteiger partial charge in [-0.05, 0) is 32.3 Å². The summed E-state index contributed by atoms with van der Waals surface area (Å²) in [7, 11) is 0. The lowest BCUT2D eigenvalue weighted by molar-refractivity contribution is -0.138. The first kappa shape index (κ1) is 13.9. The molecule has 2 nitrogen and oxygen atoms in total. The van der Waals surface area contributed by atoms with Crippen LogP contribution in [0.25, 0.3) is 5.57 Å². The van der Waals surface area contributed by atoms with Crippen LogP contribution in [0, 0.1) is 6.92 Å². The standard InChI is InChI=1S/C16H17ClO2/c1-3-19-16(18)13-5-4-6-14(17)15(13)12-9-7-11(2)8-10-12/h6-10H,3-5H2,1-2H3. The van der Waals surface area contributed by atoms with Gasteiger partial charge in [0.05, 0.1) is 6.61 Å². The lowest BCUT2D eigenvalue weighted by atomic mass is 9.91. The van der Waals surface area contributed by atoms with Crippen molar-refractivity contribution >= 4 is 23.1 Å². The molecule has 0 radical (unpaired) electrons. The first-order valence-corrected chi connectivity index (χ1v) is 6.84. The summed E-state index contributed by atoms with van der Waals surface area (Å²) in [4.78, 5) is 12.0. The van der Waals surface area contributed by atoms with Crippen molar-refractivity contribution in [1.29, 1.82) is 0 Å². The second kappa shape index (κ2) is 6.07. The fourth-order valence-electron chi connectivity index (χ4n) is 2.17. The second-order valence-corrected chi connectivity index (χ2v) is 4.94. The van der Waals surface area contributed by atoms with Gasteiger partial charge in [-0.3, -0.25) is 0 Å². The maximum absolute atomic E-state index is 12.0. The van der Waals surface area contributed by atoms with Crippen LogP contribution in [-0.4, -0.2) is 12.6 Å².